The molecule has 2 rings (SSSR count). The van der Waals surface area contributed by atoms with Gasteiger partial charge in [-0.05, 0) is 6.07 Å². The van der Waals surface area contributed by atoms with Gasteiger partial charge in [0, 0.05) is 6.42 Å². The first-order valence-electron chi connectivity index (χ1n) is 4.55. The lowest BCUT2D eigenvalue weighted by molar-refractivity contribution is -0.137. The van der Waals surface area contributed by atoms with Crippen molar-refractivity contribution in [2.45, 2.75) is 12.8 Å². The second-order valence-electron chi connectivity index (χ2n) is 3.13. The number of nitrogens with zero attached hydrogens (tertiary/aromatic N) is 2. The molecule has 0 aliphatic heterocycles. The maximum atomic E-state index is 10.4. The first-order valence-corrected chi connectivity index (χ1v) is 6.13. The normalized spacial score (nSPS) is 10.7. The Labute approximate surface area is 110 Å². The molecule has 0 bridgehead atoms. The number of aryl methyl sites for hydroxylation is 1. The minimum atomic E-state index is -0.915. The summed E-state index contributed by atoms with van der Waals surface area (Å²) < 4.78 is 6.28. The average molecular weight is 293 g/mol. The third-order valence-corrected chi connectivity index (χ3v) is 3.39. The molecule has 2 heterocycles. The molecule has 0 atom stereocenters. The van der Waals surface area contributed by atoms with E-state index in [0.29, 0.717) is 14.2 Å². The van der Waals surface area contributed by atoms with Gasteiger partial charge in [-0.2, -0.15) is 0 Å². The molecular formula is C9H6Cl2N2O3S. The maximum absolute atomic E-state index is 10.4. The van der Waals surface area contributed by atoms with Gasteiger partial charge in [-0.3, -0.25) is 4.79 Å². The summed E-state index contributed by atoms with van der Waals surface area (Å²) in [6.45, 7) is 0. The van der Waals surface area contributed by atoms with Crippen LogP contribution in [0.1, 0.15) is 12.3 Å². The molecule has 0 amide bonds. The van der Waals surface area contributed by atoms with Crippen molar-refractivity contribution in [2.75, 3.05) is 0 Å². The van der Waals surface area contributed by atoms with Gasteiger partial charge >= 0.3 is 5.97 Å². The zero-order valence-corrected chi connectivity index (χ0v) is 10.6. The van der Waals surface area contributed by atoms with E-state index in [1.54, 1.807) is 6.07 Å². The molecule has 0 aromatic carbocycles. The number of carbonyl (C=O) groups is 1. The van der Waals surface area contributed by atoms with Crippen LogP contribution in [0, 0.1) is 0 Å². The number of aliphatic carboxylic acids is 1. The van der Waals surface area contributed by atoms with Crippen LogP contribution in [0.3, 0.4) is 0 Å². The van der Waals surface area contributed by atoms with E-state index < -0.39 is 5.97 Å². The molecule has 0 radical (unpaired) electrons. The molecule has 0 fully saturated rings. The molecule has 1 N–H and O–H groups in total. The summed E-state index contributed by atoms with van der Waals surface area (Å²) in [5.74, 6) is -0.402. The fraction of sp³-hybridized carbons (Fsp3) is 0.222. The van der Waals surface area contributed by atoms with Gasteiger partial charge in [-0.25, -0.2) is 0 Å². The summed E-state index contributed by atoms with van der Waals surface area (Å²) in [6, 6.07) is 1.63. The SMILES string of the molecule is O=C(O)CCc1nnc(-c2cc(Cl)sc2Cl)o1. The van der Waals surface area contributed by atoms with Crippen LogP contribution < -0.4 is 0 Å². The fourth-order valence-electron chi connectivity index (χ4n) is 1.16. The van der Waals surface area contributed by atoms with E-state index in [9.17, 15) is 4.79 Å². The molecule has 0 aliphatic carbocycles. The van der Waals surface area contributed by atoms with Crippen molar-refractivity contribution < 1.29 is 14.3 Å². The smallest absolute Gasteiger partial charge is 0.303 e. The Bertz CT molecular complexity index is 552. The minimum Gasteiger partial charge on any atom is -0.481 e. The van der Waals surface area contributed by atoms with Crippen molar-refractivity contribution in [2.24, 2.45) is 0 Å². The molecule has 0 saturated heterocycles. The van der Waals surface area contributed by atoms with E-state index in [2.05, 4.69) is 10.2 Å². The Morgan fingerprint density at radius 1 is 1.47 bits per heavy atom. The van der Waals surface area contributed by atoms with Crippen molar-refractivity contribution in [3.05, 3.63) is 20.6 Å². The fourth-order valence-corrected chi connectivity index (χ4v) is 2.61. The standard InChI is InChI=1S/C9H6Cl2N2O3S/c10-5-3-4(8(11)17-5)9-13-12-6(16-9)1-2-7(14)15/h3H,1-2H2,(H,14,15). The predicted molar refractivity (Wildman–Crippen MR) is 63.6 cm³/mol. The number of thiophene rings is 1. The first-order chi connectivity index (χ1) is 8.06. The van der Waals surface area contributed by atoms with Crippen molar-refractivity contribution >= 4 is 40.5 Å². The van der Waals surface area contributed by atoms with Crippen molar-refractivity contribution in [3.63, 3.8) is 0 Å². The Hall–Kier alpha value is -1.11. The van der Waals surface area contributed by atoms with Crippen LogP contribution >= 0.6 is 34.5 Å². The molecule has 0 saturated carbocycles. The highest BCUT2D eigenvalue weighted by Crippen LogP contribution is 2.37. The summed E-state index contributed by atoms with van der Waals surface area (Å²) >= 11 is 12.9. The van der Waals surface area contributed by atoms with Crippen LogP contribution in [-0.2, 0) is 11.2 Å². The Morgan fingerprint density at radius 3 is 2.82 bits per heavy atom. The van der Waals surface area contributed by atoms with Gasteiger partial charge in [0.15, 0.2) is 0 Å². The molecule has 2 aromatic rings. The molecule has 8 heteroatoms. The van der Waals surface area contributed by atoms with Crippen molar-refractivity contribution in [3.8, 4) is 11.5 Å². The number of aromatic nitrogens is 2. The summed E-state index contributed by atoms with van der Waals surface area (Å²) in [7, 11) is 0. The van der Waals surface area contributed by atoms with Crippen molar-refractivity contribution in [1.82, 2.24) is 10.2 Å². The number of hydrogen-bond acceptors (Lipinski definition) is 5. The summed E-state index contributed by atoms with van der Waals surface area (Å²) in [6.07, 6.45) is 0.136. The van der Waals surface area contributed by atoms with Gasteiger partial charge in [-0.15, -0.1) is 21.5 Å². The largest absolute Gasteiger partial charge is 0.481 e. The molecule has 17 heavy (non-hydrogen) atoms. The van der Waals surface area contributed by atoms with Crippen LogP contribution in [0.4, 0.5) is 0 Å². The van der Waals surface area contributed by atoms with Crippen molar-refractivity contribution in [1.29, 1.82) is 0 Å². The molecule has 0 spiro atoms. The number of carboxylic acid groups (broad SMARTS) is 1. The molecule has 5 nitrogen and oxygen atoms in total. The summed E-state index contributed by atoms with van der Waals surface area (Å²) in [4.78, 5) is 10.4. The highest BCUT2D eigenvalue weighted by Gasteiger charge is 2.15. The molecular weight excluding hydrogens is 287 g/mol. The molecule has 0 aliphatic rings. The van der Waals surface area contributed by atoms with E-state index in [1.165, 1.54) is 11.3 Å². The van der Waals surface area contributed by atoms with E-state index in [4.69, 9.17) is 32.7 Å². The van der Waals surface area contributed by atoms with E-state index >= 15 is 0 Å². The number of hydrogen-bond donors (Lipinski definition) is 1. The second-order valence-corrected chi connectivity index (χ2v) is 5.42. The van der Waals surface area contributed by atoms with E-state index in [-0.39, 0.29) is 24.6 Å². The van der Waals surface area contributed by atoms with E-state index in [1.807, 2.05) is 0 Å². The monoisotopic (exact) mass is 292 g/mol. The zero-order chi connectivity index (χ0) is 12.4. The maximum Gasteiger partial charge on any atom is 0.303 e. The quantitative estimate of drug-likeness (QED) is 0.937. The van der Waals surface area contributed by atoms with Gasteiger partial charge in [0.25, 0.3) is 0 Å². The number of halogens is 2. The van der Waals surface area contributed by atoms with Crippen LogP contribution in [0.5, 0.6) is 0 Å². The van der Waals surface area contributed by atoms with Gasteiger partial charge in [-0.1, -0.05) is 23.2 Å². The van der Waals surface area contributed by atoms with Gasteiger partial charge < -0.3 is 9.52 Å². The summed E-state index contributed by atoms with van der Waals surface area (Å²) in [5.41, 5.74) is 0.566. The molecule has 0 unspecified atom stereocenters. The van der Waals surface area contributed by atoms with E-state index in [0.717, 1.165) is 0 Å². The van der Waals surface area contributed by atoms with Crippen LogP contribution in [0.15, 0.2) is 10.5 Å². The average Bonchev–Trinajstić information content (AvgIpc) is 2.82. The third kappa shape index (κ3) is 2.96. The van der Waals surface area contributed by atoms with Crippen LogP contribution in [0.25, 0.3) is 11.5 Å². The molecule has 90 valence electrons. The number of carboxylic acids is 1. The minimum absolute atomic E-state index is 0.0558. The Kier molecular flexibility index (Phi) is 3.66. The van der Waals surface area contributed by atoms with Gasteiger partial charge in [0.2, 0.25) is 11.8 Å². The third-order valence-electron chi connectivity index (χ3n) is 1.91. The molecule has 2 aromatic heterocycles. The van der Waals surface area contributed by atoms with Crippen LogP contribution in [-0.4, -0.2) is 21.3 Å². The predicted octanol–water partition coefficient (Wildman–Crippen LogP) is 3.12. The highest BCUT2D eigenvalue weighted by atomic mass is 35.5. The Balaban J connectivity index is 2.18. The zero-order valence-electron chi connectivity index (χ0n) is 8.31. The number of rotatable bonds is 4. The summed E-state index contributed by atoms with van der Waals surface area (Å²) in [5, 5.41) is 16.0. The van der Waals surface area contributed by atoms with Gasteiger partial charge in [0.1, 0.15) is 4.34 Å². The lowest BCUT2D eigenvalue weighted by Crippen LogP contribution is -1.97. The lowest BCUT2D eigenvalue weighted by atomic mass is 10.3. The first kappa shape index (κ1) is 12.3. The highest BCUT2D eigenvalue weighted by molar-refractivity contribution is 7.20. The second kappa shape index (κ2) is 5.03. The topological polar surface area (TPSA) is 76.2 Å². The Morgan fingerprint density at radius 2 is 2.24 bits per heavy atom. The lowest BCUT2D eigenvalue weighted by Gasteiger charge is -1.90. The van der Waals surface area contributed by atoms with Crippen LogP contribution in [0.2, 0.25) is 8.67 Å². The van der Waals surface area contributed by atoms with Gasteiger partial charge in [0.05, 0.1) is 16.3 Å².